The third-order valence-corrected chi connectivity index (χ3v) is 4.93. The standard InChI is InChI=1S/C22H21N5O2/c1-2-20-24-12-17(13-25-20)22(29)27-10-8-15-6-7-18(11-16(15)14-27)26-21(28)19-5-3-4-9-23-19/h3-7,9,11-13H,2,8,10,14H2,1H3,(H,26,28). The molecule has 0 bridgehead atoms. The fourth-order valence-electron chi connectivity index (χ4n) is 3.33. The Morgan fingerprint density at radius 3 is 2.62 bits per heavy atom. The molecule has 0 saturated heterocycles. The average Bonchev–Trinajstić information content (AvgIpc) is 2.78. The van der Waals surface area contributed by atoms with Gasteiger partial charge in [-0.1, -0.05) is 19.1 Å². The molecule has 7 heteroatoms. The SMILES string of the molecule is CCc1ncc(C(=O)N2CCc3ccc(NC(=O)c4ccccn4)cc3C2)cn1. The van der Waals surface area contributed by atoms with Crippen molar-refractivity contribution in [1.82, 2.24) is 19.9 Å². The quantitative estimate of drug-likeness (QED) is 0.744. The average molecular weight is 387 g/mol. The molecule has 0 fully saturated rings. The maximum atomic E-state index is 12.8. The Balaban J connectivity index is 1.48. The molecular weight excluding hydrogens is 366 g/mol. The largest absolute Gasteiger partial charge is 0.334 e. The van der Waals surface area contributed by atoms with Crippen molar-refractivity contribution < 1.29 is 9.59 Å². The summed E-state index contributed by atoms with van der Waals surface area (Å²) in [6.45, 7) is 3.10. The molecule has 0 spiro atoms. The van der Waals surface area contributed by atoms with Gasteiger partial charge in [0.2, 0.25) is 0 Å². The van der Waals surface area contributed by atoms with Gasteiger partial charge in [0.15, 0.2) is 0 Å². The van der Waals surface area contributed by atoms with Crippen LogP contribution in [-0.2, 0) is 19.4 Å². The maximum Gasteiger partial charge on any atom is 0.274 e. The summed E-state index contributed by atoms with van der Waals surface area (Å²) in [6, 6.07) is 11.0. The zero-order valence-electron chi connectivity index (χ0n) is 16.1. The third-order valence-electron chi connectivity index (χ3n) is 4.93. The van der Waals surface area contributed by atoms with E-state index in [4.69, 9.17) is 0 Å². The minimum Gasteiger partial charge on any atom is -0.334 e. The fourth-order valence-corrected chi connectivity index (χ4v) is 3.33. The lowest BCUT2D eigenvalue weighted by Gasteiger charge is -2.29. The molecule has 3 heterocycles. The van der Waals surface area contributed by atoms with E-state index >= 15 is 0 Å². The van der Waals surface area contributed by atoms with Crippen LogP contribution in [0, 0.1) is 0 Å². The van der Waals surface area contributed by atoms with Crippen LogP contribution in [-0.4, -0.2) is 38.2 Å². The predicted octanol–water partition coefficient (Wildman–Crippen LogP) is 2.88. The van der Waals surface area contributed by atoms with Crippen molar-refractivity contribution in [3.63, 3.8) is 0 Å². The van der Waals surface area contributed by atoms with Gasteiger partial charge in [-0.25, -0.2) is 9.97 Å². The summed E-state index contributed by atoms with van der Waals surface area (Å²) < 4.78 is 0. The number of amides is 2. The first-order chi connectivity index (χ1) is 14.1. The number of hydrogen-bond acceptors (Lipinski definition) is 5. The van der Waals surface area contributed by atoms with Crippen molar-refractivity contribution in [2.24, 2.45) is 0 Å². The van der Waals surface area contributed by atoms with E-state index in [0.717, 1.165) is 24.2 Å². The summed E-state index contributed by atoms with van der Waals surface area (Å²) in [5.41, 5.74) is 3.74. The van der Waals surface area contributed by atoms with Crippen LogP contribution in [0.25, 0.3) is 0 Å². The number of anilines is 1. The Kier molecular flexibility index (Phi) is 5.29. The lowest BCUT2D eigenvalue weighted by molar-refractivity contribution is 0.0733. The van der Waals surface area contributed by atoms with E-state index in [1.807, 2.05) is 25.1 Å². The summed E-state index contributed by atoms with van der Waals surface area (Å²) >= 11 is 0. The van der Waals surface area contributed by atoms with E-state index < -0.39 is 0 Å². The van der Waals surface area contributed by atoms with Crippen LogP contribution < -0.4 is 5.32 Å². The van der Waals surface area contributed by atoms with Crippen molar-refractivity contribution >= 4 is 17.5 Å². The van der Waals surface area contributed by atoms with Crippen LogP contribution in [0.3, 0.4) is 0 Å². The van der Waals surface area contributed by atoms with Crippen LogP contribution in [0.2, 0.25) is 0 Å². The molecule has 2 aromatic heterocycles. The van der Waals surface area contributed by atoms with Crippen molar-refractivity contribution in [2.45, 2.75) is 26.3 Å². The lowest BCUT2D eigenvalue weighted by Crippen LogP contribution is -2.36. The molecule has 0 saturated carbocycles. The Labute approximate surface area is 168 Å². The number of hydrogen-bond donors (Lipinski definition) is 1. The molecule has 7 nitrogen and oxygen atoms in total. The predicted molar refractivity (Wildman–Crippen MR) is 108 cm³/mol. The number of carbonyl (C=O) groups is 2. The zero-order valence-corrected chi connectivity index (χ0v) is 16.1. The van der Waals surface area contributed by atoms with Gasteiger partial charge in [0.1, 0.15) is 11.5 Å². The Hall–Kier alpha value is -3.61. The van der Waals surface area contributed by atoms with Crippen LogP contribution in [0.4, 0.5) is 5.69 Å². The Morgan fingerprint density at radius 1 is 1.07 bits per heavy atom. The summed E-state index contributed by atoms with van der Waals surface area (Å²) in [7, 11) is 0. The molecule has 0 radical (unpaired) electrons. The number of nitrogens with zero attached hydrogens (tertiary/aromatic N) is 4. The van der Waals surface area contributed by atoms with E-state index in [1.54, 1.807) is 41.7 Å². The first-order valence-corrected chi connectivity index (χ1v) is 9.58. The number of benzene rings is 1. The molecule has 1 N–H and O–H groups in total. The highest BCUT2D eigenvalue weighted by Gasteiger charge is 2.23. The molecule has 29 heavy (non-hydrogen) atoms. The number of aromatic nitrogens is 3. The molecule has 1 aliphatic heterocycles. The second-order valence-electron chi connectivity index (χ2n) is 6.87. The normalized spacial score (nSPS) is 12.9. The van der Waals surface area contributed by atoms with Gasteiger partial charge in [-0.05, 0) is 41.8 Å². The van der Waals surface area contributed by atoms with E-state index in [2.05, 4.69) is 20.3 Å². The van der Waals surface area contributed by atoms with E-state index in [1.165, 1.54) is 5.56 Å². The second kappa shape index (κ2) is 8.18. The van der Waals surface area contributed by atoms with Gasteiger partial charge in [0, 0.05) is 43.8 Å². The third kappa shape index (κ3) is 4.13. The monoisotopic (exact) mass is 387 g/mol. The van der Waals surface area contributed by atoms with Crippen LogP contribution in [0.5, 0.6) is 0 Å². The fraction of sp³-hybridized carbons (Fsp3) is 0.227. The van der Waals surface area contributed by atoms with Crippen LogP contribution >= 0.6 is 0 Å². The maximum absolute atomic E-state index is 12.8. The smallest absolute Gasteiger partial charge is 0.274 e. The highest BCUT2D eigenvalue weighted by atomic mass is 16.2. The summed E-state index contributed by atoms with van der Waals surface area (Å²) in [4.78, 5) is 39.5. The molecule has 3 aromatic rings. The number of fused-ring (bicyclic) bond motifs is 1. The number of rotatable bonds is 4. The summed E-state index contributed by atoms with van der Waals surface area (Å²) in [6.07, 6.45) is 6.27. The van der Waals surface area contributed by atoms with E-state index in [9.17, 15) is 9.59 Å². The molecule has 0 aliphatic carbocycles. The van der Waals surface area contributed by atoms with Crippen LogP contribution in [0.1, 0.15) is 44.7 Å². The van der Waals surface area contributed by atoms with Gasteiger partial charge in [-0.15, -0.1) is 0 Å². The van der Waals surface area contributed by atoms with Gasteiger partial charge in [0.25, 0.3) is 11.8 Å². The highest BCUT2D eigenvalue weighted by molar-refractivity contribution is 6.02. The number of aryl methyl sites for hydroxylation is 1. The molecule has 0 unspecified atom stereocenters. The molecule has 1 aromatic carbocycles. The molecule has 1 aliphatic rings. The number of nitrogens with one attached hydrogen (secondary N) is 1. The van der Waals surface area contributed by atoms with E-state index in [-0.39, 0.29) is 11.8 Å². The van der Waals surface area contributed by atoms with Crippen LogP contribution in [0.15, 0.2) is 55.0 Å². The molecule has 0 atom stereocenters. The Bertz CT molecular complexity index is 1030. The van der Waals surface area contributed by atoms with Crippen molar-refractivity contribution in [3.05, 3.63) is 83.2 Å². The lowest BCUT2D eigenvalue weighted by atomic mass is 9.98. The molecule has 4 rings (SSSR count). The molecule has 146 valence electrons. The Morgan fingerprint density at radius 2 is 1.90 bits per heavy atom. The van der Waals surface area contributed by atoms with Crippen molar-refractivity contribution in [3.8, 4) is 0 Å². The van der Waals surface area contributed by atoms with Gasteiger partial charge < -0.3 is 10.2 Å². The zero-order chi connectivity index (χ0) is 20.2. The summed E-state index contributed by atoms with van der Waals surface area (Å²) in [5, 5.41) is 2.87. The first kappa shape index (κ1) is 18.7. The van der Waals surface area contributed by atoms with Crippen molar-refractivity contribution in [1.29, 1.82) is 0 Å². The molecule has 2 amide bonds. The second-order valence-corrected chi connectivity index (χ2v) is 6.87. The number of pyridine rings is 1. The van der Waals surface area contributed by atoms with Gasteiger partial charge in [-0.3, -0.25) is 14.6 Å². The molecular formula is C22H21N5O2. The van der Waals surface area contributed by atoms with Gasteiger partial charge in [-0.2, -0.15) is 0 Å². The van der Waals surface area contributed by atoms with Gasteiger partial charge >= 0.3 is 0 Å². The highest BCUT2D eigenvalue weighted by Crippen LogP contribution is 2.24. The van der Waals surface area contributed by atoms with Gasteiger partial charge in [0.05, 0.1) is 5.56 Å². The van der Waals surface area contributed by atoms with Crippen molar-refractivity contribution in [2.75, 3.05) is 11.9 Å². The first-order valence-electron chi connectivity index (χ1n) is 9.58. The number of carbonyl (C=O) groups excluding carboxylic acids is 2. The minimum absolute atomic E-state index is 0.0822. The summed E-state index contributed by atoms with van der Waals surface area (Å²) in [5.74, 6) is 0.377. The topological polar surface area (TPSA) is 88.1 Å². The van der Waals surface area contributed by atoms with E-state index in [0.29, 0.717) is 30.0 Å². The minimum atomic E-state index is -0.262.